The van der Waals surface area contributed by atoms with E-state index < -0.39 is 5.60 Å². The van der Waals surface area contributed by atoms with Crippen LogP contribution in [-0.4, -0.2) is 76.1 Å². The van der Waals surface area contributed by atoms with Crippen LogP contribution in [0.1, 0.15) is 29.8 Å². The van der Waals surface area contributed by atoms with Crippen LogP contribution in [0.5, 0.6) is 5.75 Å². The van der Waals surface area contributed by atoms with E-state index in [1.807, 2.05) is 40.8 Å². The summed E-state index contributed by atoms with van der Waals surface area (Å²) in [6.45, 7) is 4.35. The lowest BCUT2D eigenvalue weighted by Crippen LogP contribution is -2.56. The number of hydrogen-bond donors (Lipinski definition) is 1. The number of nitrogens with one attached hydrogen (secondary N) is 1. The number of likely N-dealkylation sites (tertiary alicyclic amines) is 1. The minimum Gasteiger partial charge on any atom is -0.484 e. The van der Waals surface area contributed by atoms with Crippen molar-refractivity contribution in [3.8, 4) is 5.75 Å². The Morgan fingerprint density at radius 2 is 2.16 bits per heavy atom. The van der Waals surface area contributed by atoms with Crippen molar-refractivity contribution in [2.24, 2.45) is 0 Å². The Bertz CT molecular complexity index is 991. The molecule has 0 radical (unpaired) electrons. The third-order valence-corrected chi connectivity index (χ3v) is 5.93. The summed E-state index contributed by atoms with van der Waals surface area (Å²) in [6.07, 6.45) is 1.70. The summed E-state index contributed by atoms with van der Waals surface area (Å²) < 4.78 is 13.8. The second kappa shape index (κ2) is 9.15. The smallest absolute Gasteiger partial charge is 0.317 e. The van der Waals surface area contributed by atoms with E-state index >= 15 is 0 Å². The number of aromatic nitrogens is 3. The Kier molecular flexibility index (Phi) is 6.31. The van der Waals surface area contributed by atoms with Gasteiger partial charge in [-0.15, -0.1) is 5.10 Å². The summed E-state index contributed by atoms with van der Waals surface area (Å²) in [5.41, 5.74) is 2.17. The number of nitrogens with zero attached hydrogens (tertiary/aromatic N) is 5. The molecule has 1 saturated heterocycles. The van der Waals surface area contributed by atoms with Gasteiger partial charge in [0, 0.05) is 20.6 Å². The lowest BCUT2D eigenvalue weighted by molar-refractivity contribution is -0.154. The number of rotatable bonds is 5. The van der Waals surface area contributed by atoms with Crippen molar-refractivity contribution in [3.63, 3.8) is 0 Å². The van der Waals surface area contributed by atoms with Gasteiger partial charge in [0.05, 0.1) is 31.9 Å². The van der Waals surface area contributed by atoms with Crippen molar-refractivity contribution in [2.75, 3.05) is 33.8 Å². The van der Waals surface area contributed by atoms with Gasteiger partial charge in [0.15, 0.2) is 6.61 Å². The molecule has 172 valence electrons. The summed E-state index contributed by atoms with van der Waals surface area (Å²) in [7, 11) is 3.37. The van der Waals surface area contributed by atoms with Crippen molar-refractivity contribution < 1.29 is 19.1 Å². The van der Waals surface area contributed by atoms with Crippen LogP contribution in [0.25, 0.3) is 0 Å². The van der Waals surface area contributed by atoms with Gasteiger partial charge in [-0.2, -0.15) is 0 Å². The first-order valence-electron chi connectivity index (χ1n) is 10.8. The molecule has 1 spiro atoms. The molecular weight excluding hydrogens is 412 g/mol. The van der Waals surface area contributed by atoms with E-state index in [2.05, 4.69) is 15.6 Å². The average Bonchev–Trinajstić information content (AvgIpc) is 3.17. The molecule has 2 aromatic rings. The number of aryl methyl sites for hydroxylation is 1. The number of piperidine rings is 1. The monoisotopic (exact) mass is 442 g/mol. The molecule has 3 heterocycles. The maximum absolute atomic E-state index is 12.8. The molecule has 0 aliphatic carbocycles. The van der Waals surface area contributed by atoms with Gasteiger partial charge in [0.25, 0.3) is 5.91 Å². The fourth-order valence-electron chi connectivity index (χ4n) is 4.15. The highest BCUT2D eigenvalue weighted by Crippen LogP contribution is 2.32. The molecule has 1 aromatic carbocycles. The minimum atomic E-state index is -0.484. The maximum Gasteiger partial charge on any atom is 0.317 e. The zero-order chi connectivity index (χ0) is 22.7. The number of urea groups is 1. The fourth-order valence-corrected chi connectivity index (χ4v) is 4.15. The van der Waals surface area contributed by atoms with E-state index in [0.717, 1.165) is 24.1 Å². The van der Waals surface area contributed by atoms with E-state index in [9.17, 15) is 9.59 Å². The minimum absolute atomic E-state index is 0.00380. The molecule has 2 aliphatic heterocycles. The molecular formula is C22H30N6O4. The van der Waals surface area contributed by atoms with Gasteiger partial charge in [-0.3, -0.25) is 4.79 Å². The number of amides is 3. The van der Waals surface area contributed by atoms with Crippen LogP contribution in [0.4, 0.5) is 4.79 Å². The van der Waals surface area contributed by atoms with Crippen LogP contribution < -0.4 is 10.1 Å². The molecule has 1 aromatic heterocycles. The van der Waals surface area contributed by atoms with Gasteiger partial charge in [0.1, 0.15) is 17.0 Å². The third kappa shape index (κ3) is 4.85. The number of carbonyl (C=O) groups is 2. The Morgan fingerprint density at radius 3 is 2.94 bits per heavy atom. The SMILES string of the molecule is Cc1cccc(OCC(=O)N2CCCC3(C2)Cn2nnc(CNC(=O)N(C)C)c2CO3)c1. The van der Waals surface area contributed by atoms with Gasteiger partial charge in [-0.25, -0.2) is 9.48 Å². The van der Waals surface area contributed by atoms with Gasteiger partial charge < -0.3 is 24.6 Å². The summed E-state index contributed by atoms with van der Waals surface area (Å²) in [5.74, 6) is 0.644. The molecule has 1 atom stereocenters. The Labute approximate surface area is 187 Å². The summed E-state index contributed by atoms with van der Waals surface area (Å²) in [5, 5.41) is 11.3. The Morgan fingerprint density at radius 1 is 1.31 bits per heavy atom. The number of ether oxygens (including phenoxy) is 2. The van der Waals surface area contributed by atoms with E-state index in [1.54, 1.807) is 14.1 Å². The maximum atomic E-state index is 12.8. The molecule has 1 fully saturated rings. The zero-order valence-corrected chi connectivity index (χ0v) is 18.8. The molecule has 0 bridgehead atoms. The highest BCUT2D eigenvalue weighted by Gasteiger charge is 2.42. The molecule has 1 unspecified atom stereocenters. The molecule has 4 rings (SSSR count). The second-order valence-corrected chi connectivity index (χ2v) is 8.69. The van der Waals surface area contributed by atoms with Crippen LogP contribution in [0.3, 0.4) is 0 Å². The highest BCUT2D eigenvalue weighted by atomic mass is 16.5. The largest absolute Gasteiger partial charge is 0.484 e. The molecule has 10 heteroatoms. The normalized spacial score (nSPS) is 20.0. The van der Waals surface area contributed by atoms with Gasteiger partial charge >= 0.3 is 6.03 Å². The van der Waals surface area contributed by atoms with Gasteiger partial charge in [-0.1, -0.05) is 17.3 Å². The number of carbonyl (C=O) groups excluding carboxylic acids is 2. The summed E-state index contributed by atoms with van der Waals surface area (Å²) in [4.78, 5) is 27.9. The first-order valence-corrected chi connectivity index (χ1v) is 10.8. The van der Waals surface area contributed by atoms with Crippen LogP contribution in [0.15, 0.2) is 24.3 Å². The molecule has 1 N–H and O–H groups in total. The molecule has 2 aliphatic rings. The van der Waals surface area contributed by atoms with Gasteiger partial charge in [-0.05, 0) is 37.5 Å². The fraction of sp³-hybridized carbons (Fsp3) is 0.545. The first-order chi connectivity index (χ1) is 15.3. The third-order valence-electron chi connectivity index (χ3n) is 5.93. The van der Waals surface area contributed by atoms with Crippen LogP contribution in [0.2, 0.25) is 0 Å². The quantitative estimate of drug-likeness (QED) is 0.750. The van der Waals surface area contributed by atoms with E-state index in [1.165, 1.54) is 4.90 Å². The predicted molar refractivity (Wildman–Crippen MR) is 116 cm³/mol. The van der Waals surface area contributed by atoms with Crippen molar-refractivity contribution in [1.82, 2.24) is 30.1 Å². The molecule has 32 heavy (non-hydrogen) atoms. The number of benzene rings is 1. The molecule has 3 amide bonds. The number of hydrogen-bond acceptors (Lipinski definition) is 6. The van der Waals surface area contributed by atoms with E-state index in [4.69, 9.17) is 9.47 Å². The van der Waals surface area contributed by atoms with Gasteiger partial charge in [0.2, 0.25) is 0 Å². The van der Waals surface area contributed by atoms with Crippen LogP contribution in [-0.2, 0) is 29.2 Å². The van der Waals surface area contributed by atoms with Crippen molar-refractivity contribution >= 4 is 11.9 Å². The van der Waals surface area contributed by atoms with Crippen molar-refractivity contribution in [1.29, 1.82) is 0 Å². The average molecular weight is 443 g/mol. The van der Waals surface area contributed by atoms with Crippen molar-refractivity contribution in [3.05, 3.63) is 41.2 Å². The number of fused-ring (bicyclic) bond motifs is 1. The highest BCUT2D eigenvalue weighted by molar-refractivity contribution is 5.78. The summed E-state index contributed by atoms with van der Waals surface area (Å²) >= 11 is 0. The van der Waals surface area contributed by atoms with Crippen molar-refractivity contribution in [2.45, 2.75) is 45.1 Å². The first kappa shape index (κ1) is 22.1. The second-order valence-electron chi connectivity index (χ2n) is 8.69. The van der Waals surface area contributed by atoms with Crippen LogP contribution in [0, 0.1) is 6.92 Å². The lowest BCUT2D eigenvalue weighted by Gasteiger charge is -2.44. The van der Waals surface area contributed by atoms with Crippen LogP contribution >= 0.6 is 0 Å². The Balaban J connectivity index is 1.36. The molecule has 10 nitrogen and oxygen atoms in total. The van der Waals surface area contributed by atoms with E-state index in [-0.39, 0.29) is 18.5 Å². The van der Waals surface area contributed by atoms with E-state index in [0.29, 0.717) is 44.2 Å². The summed E-state index contributed by atoms with van der Waals surface area (Å²) in [6, 6.07) is 7.49. The topological polar surface area (TPSA) is 102 Å². The lowest BCUT2D eigenvalue weighted by atomic mass is 9.91. The standard InChI is InChI=1S/C22H30N6O4/c1-16-6-4-7-17(10-16)31-13-20(29)27-9-5-8-22(14-27)15-28-19(12-32-22)18(24-25-28)11-23-21(30)26(2)3/h4,6-7,10H,5,8-9,11-15H2,1-3H3,(H,23,30). The zero-order valence-electron chi connectivity index (χ0n) is 18.8. The predicted octanol–water partition coefficient (Wildman–Crippen LogP) is 1.33. The molecule has 0 saturated carbocycles. The Hall–Kier alpha value is -3.14.